The maximum Gasteiger partial charge on any atom is 0.268 e. The van der Waals surface area contributed by atoms with Crippen LogP contribution in [-0.2, 0) is 10.0 Å². The van der Waals surface area contributed by atoms with Gasteiger partial charge in [-0.3, -0.25) is 4.72 Å². The van der Waals surface area contributed by atoms with E-state index < -0.39 is 20.7 Å². The molecule has 2 rings (SSSR count). The van der Waals surface area contributed by atoms with Crippen LogP contribution in [0.2, 0.25) is 0 Å². The topological polar surface area (TPSA) is 98.0 Å². The van der Waals surface area contributed by atoms with Crippen molar-refractivity contribution in [1.82, 2.24) is 9.97 Å². The number of benzene rings is 1. The quantitative estimate of drug-likeness (QED) is 0.736. The van der Waals surface area contributed by atoms with Crippen LogP contribution in [0.15, 0.2) is 38.5 Å². The molecule has 3 N–H and O–H groups in total. The van der Waals surface area contributed by atoms with Crippen molar-refractivity contribution < 1.29 is 12.8 Å². The van der Waals surface area contributed by atoms with E-state index in [9.17, 15) is 12.8 Å². The van der Waals surface area contributed by atoms with E-state index in [0.717, 1.165) is 6.07 Å². The van der Waals surface area contributed by atoms with Gasteiger partial charge in [-0.05, 0) is 44.0 Å². The number of nitrogen functional groups attached to an aromatic ring is 1. The van der Waals surface area contributed by atoms with Crippen LogP contribution in [0.5, 0.6) is 0 Å². The molecular formula is C10H7Br2FN4O2S. The summed E-state index contributed by atoms with van der Waals surface area (Å²) < 4.78 is 40.7. The van der Waals surface area contributed by atoms with Gasteiger partial charge in [-0.2, -0.15) is 0 Å². The van der Waals surface area contributed by atoms with E-state index in [1.807, 2.05) is 0 Å². The third kappa shape index (κ3) is 3.07. The lowest BCUT2D eigenvalue weighted by Crippen LogP contribution is -2.17. The standard InChI is InChI=1S/C10H7Br2FN4O2S/c11-7-4-15-10(9(12)16-7)17-20(18,19)8-5(13)2-1-3-6(8)14/h1-4H,14H2,(H,15,17). The maximum absolute atomic E-state index is 13.7. The van der Waals surface area contributed by atoms with Crippen LogP contribution in [0.25, 0.3) is 0 Å². The van der Waals surface area contributed by atoms with Crippen molar-refractivity contribution in [2.45, 2.75) is 4.90 Å². The third-order valence-corrected chi connectivity index (χ3v) is 4.56. The van der Waals surface area contributed by atoms with Crippen molar-refractivity contribution >= 4 is 53.4 Å². The summed E-state index contributed by atoms with van der Waals surface area (Å²) in [5, 5.41) is 0. The Bertz CT molecular complexity index is 750. The molecule has 1 aromatic heterocycles. The van der Waals surface area contributed by atoms with Crippen LogP contribution in [0.3, 0.4) is 0 Å². The number of halogens is 3. The van der Waals surface area contributed by atoms with Gasteiger partial charge in [-0.25, -0.2) is 22.8 Å². The van der Waals surface area contributed by atoms with Gasteiger partial charge in [-0.1, -0.05) is 6.07 Å². The molecule has 106 valence electrons. The number of hydrogen-bond donors (Lipinski definition) is 2. The van der Waals surface area contributed by atoms with Crippen LogP contribution < -0.4 is 10.5 Å². The Morgan fingerprint density at radius 2 is 2.00 bits per heavy atom. The summed E-state index contributed by atoms with van der Waals surface area (Å²) in [5.41, 5.74) is 5.31. The van der Waals surface area contributed by atoms with Gasteiger partial charge in [0.1, 0.15) is 15.3 Å². The number of rotatable bonds is 3. The lowest BCUT2D eigenvalue weighted by Gasteiger charge is -2.11. The van der Waals surface area contributed by atoms with E-state index in [1.54, 1.807) is 0 Å². The highest BCUT2D eigenvalue weighted by atomic mass is 79.9. The summed E-state index contributed by atoms with van der Waals surface area (Å²) in [4.78, 5) is 7.13. The molecule has 0 saturated carbocycles. The van der Waals surface area contributed by atoms with E-state index >= 15 is 0 Å². The molecule has 0 saturated heterocycles. The first-order valence-electron chi connectivity index (χ1n) is 5.06. The molecule has 10 heteroatoms. The Hall–Kier alpha value is -1.26. The second kappa shape index (κ2) is 5.62. The van der Waals surface area contributed by atoms with Gasteiger partial charge in [0.15, 0.2) is 10.4 Å². The van der Waals surface area contributed by atoms with Crippen molar-refractivity contribution in [1.29, 1.82) is 0 Å². The SMILES string of the molecule is Nc1cccc(F)c1S(=O)(=O)Nc1ncc(Br)nc1Br. The monoisotopic (exact) mass is 424 g/mol. The minimum Gasteiger partial charge on any atom is -0.398 e. The molecule has 0 spiro atoms. The summed E-state index contributed by atoms with van der Waals surface area (Å²) >= 11 is 6.14. The lowest BCUT2D eigenvalue weighted by molar-refractivity contribution is 0.571. The van der Waals surface area contributed by atoms with Gasteiger partial charge in [0.25, 0.3) is 10.0 Å². The van der Waals surface area contributed by atoms with Crippen LogP contribution in [-0.4, -0.2) is 18.4 Å². The molecule has 0 aliphatic heterocycles. The number of nitrogens with one attached hydrogen (secondary N) is 1. The summed E-state index contributed by atoms with van der Waals surface area (Å²) in [6.07, 6.45) is 1.30. The van der Waals surface area contributed by atoms with Crippen LogP contribution >= 0.6 is 31.9 Å². The first-order chi connectivity index (χ1) is 9.31. The predicted molar refractivity (Wildman–Crippen MR) is 79.1 cm³/mol. The smallest absolute Gasteiger partial charge is 0.268 e. The number of nitrogens with zero attached hydrogens (tertiary/aromatic N) is 2. The van der Waals surface area contributed by atoms with E-state index in [2.05, 4.69) is 46.5 Å². The molecule has 0 amide bonds. The van der Waals surface area contributed by atoms with E-state index in [-0.39, 0.29) is 16.1 Å². The molecule has 0 aliphatic rings. The highest BCUT2D eigenvalue weighted by Gasteiger charge is 2.23. The van der Waals surface area contributed by atoms with Crippen LogP contribution in [0.4, 0.5) is 15.9 Å². The van der Waals surface area contributed by atoms with E-state index in [4.69, 9.17) is 5.73 Å². The molecule has 2 aromatic rings. The normalized spacial score (nSPS) is 11.3. The zero-order chi connectivity index (χ0) is 14.9. The summed E-state index contributed by atoms with van der Waals surface area (Å²) in [5.74, 6) is -1.02. The van der Waals surface area contributed by atoms with Gasteiger partial charge in [0.2, 0.25) is 0 Å². The van der Waals surface area contributed by atoms with Crippen molar-refractivity contribution in [2.24, 2.45) is 0 Å². The van der Waals surface area contributed by atoms with Crippen molar-refractivity contribution in [2.75, 3.05) is 10.5 Å². The van der Waals surface area contributed by atoms with Gasteiger partial charge >= 0.3 is 0 Å². The zero-order valence-electron chi connectivity index (χ0n) is 9.64. The van der Waals surface area contributed by atoms with Crippen molar-refractivity contribution in [3.05, 3.63) is 39.4 Å². The molecule has 20 heavy (non-hydrogen) atoms. The Kier molecular flexibility index (Phi) is 4.25. The average molecular weight is 426 g/mol. The van der Waals surface area contributed by atoms with Gasteiger partial charge in [0.05, 0.1) is 11.9 Å². The van der Waals surface area contributed by atoms with E-state index in [0.29, 0.717) is 4.60 Å². The average Bonchev–Trinajstić information content (AvgIpc) is 2.32. The summed E-state index contributed by atoms with van der Waals surface area (Å²) in [6, 6.07) is 3.62. The predicted octanol–water partition coefficient (Wildman–Crippen LogP) is 2.52. The van der Waals surface area contributed by atoms with Crippen molar-refractivity contribution in [3.8, 4) is 0 Å². The second-order valence-electron chi connectivity index (χ2n) is 3.60. The minimum absolute atomic E-state index is 0.0733. The molecule has 0 radical (unpaired) electrons. The molecule has 0 fully saturated rings. The largest absolute Gasteiger partial charge is 0.398 e. The molecule has 0 atom stereocenters. The molecule has 0 bridgehead atoms. The summed E-state index contributed by atoms with van der Waals surface area (Å²) in [6.45, 7) is 0. The number of hydrogen-bond acceptors (Lipinski definition) is 5. The fraction of sp³-hybridized carbons (Fsp3) is 0. The van der Waals surface area contributed by atoms with Gasteiger partial charge < -0.3 is 5.73 Å². The molecule has 0 unspecified atom stereocenters. The number of nitrogens with two attached hydrogens (primary N) is 1. The Morgan fingerprint density at radius 3 is 2.60 bits per heavy atom. The molecule has 0 aliphatic carbocycles. The number of sulfonamides is 1. The Labute approximate surface area is 130 Å². The molecular weight excluding hydrogens is 419 g/mol. The third-order valence-electron chi connectivity index (χ3n) is 2.20. The van der Waals surface area contributed by atoms with Gasteiger partial charge in [0, 0.05) is 0 Å². The Morgan fingerprint density at radius 1 is 1.30 bits per heavy atom. The van der Waals surface area contributed by atoms with E-state index in [1.165, 1.54) is 18.3 Å². The highest BCUT2D eigenvalue weighted by molar-refractivity contribution is 9.11. The summed E-state index contributed by atoms with van der Waals surface area (Å²) in [7, 11) is -4.21. The Balaban J connectivity index is 2.46. The maximum atomic E-state index is 13.7. The highest BCUT2D eigenvalue weighted by Crippen LogP contribution is 2.26. The first-order valence-corrected chi connectivity index (χ1v) is 8.13. The minimum atomic E-state index is -4.21. The number of anilines is 2. The second-order valence-corrected chi connectivity index (χ2v) is 6.78. The lowest BCUT2D eigenvalue weighted by atomic mass is 10.3. The van der Waals surface area contributed by atoms with Crippen LogP contribution in [0.1, 0.15) is 0 Å². The molecule has 1 heterocycles. The first kappa shape index (κ1) is 15.1. The van der Waals surface area contributed by atoms with Crippen LogP contribution in [0, 0.1) is 5.82 Å². The fourth-order valence-corrected chi connectivity index (χ4v) is 3.65. The molecule has 6 nitrogen and oxygen atoms in total. The molecule has 1 aromatic carbocycles. The van der Waals surface area contributed by atoms with Gasteiger partial charge in [-0.15, -0.1) is 0 Å². The fourth-order valence-electron chi connectivity index (χ4n) is 1.40. The zero-order valence-corrected chi connectivity index (χ0v) is 13.6. The number of aromatic nitrogens is 2. The van der Waals surface area contributed by atoms with Crippen molar-refractivity contribution in [3.63, 3.8) is 0 Å².